The zero-order valence-electron chi connectivity index (χ0n) is 13.4. The van der Waals surface area contributed by atoms with E-state index in [1.165, 1.54) is 12.1 Å². The Morgan fingerprint density at radius 3 is 2.35 bits per heavy atom. The predicted molar refractivity (Wildman–Crippen MR) is 91.0 cm³/mol. The van der Waals surface area contributed by atoms with Crippen molar-refractivity contribution in [1.82, 2.24) is 4.57 Å². The molecule has 0 aliphatic heterocycles. The molecule has 118 valence electrons. The van der Waals surface area contributed by atoms with Gasteiger partial charge in [0, 0.05) is 28.7 Å². The van der Waals surface area contributed by atoms with Crippen LogP contribution in [0.2, 0.25) is 0 Å². The highest BCUT2D eigenvalue weighted by Crippen LogP contribution is 2.32. The fourth-order valence-electron chi connectivity index (χ4n) is 3.02. The van der Waals surface area contributed by atoms with Gasteiger partial charge >= 0.3 is 0 Å². The minimum atomic E-state index is -0.455. The van der Waals surface area contributed by atoms with Crippen molar-refractivity contribution in [2.24, 2.45) is 5.73 Å². The summed E-state index contributed by atoms with van der Waals surface area (Å²) in [5.74, 6) is -0.741. The summed E-state index contributed by atoms with van der Waals surface area (Å²) in [6, 6.07) is 10.3. The van der Waals surface area contributed by atoms with Crippen molar-refractivity contribution in [3.8, 4) is 11.1 Å². The Bertz CT molecular complexity index is 892. The number of carbonyl (C=O) groups excluding carboxylic acids is 1. The van der Waals surface area contributed by atoms with Crippen LogP contribution in [0.5, 0.6) is 0 Å². The minimum Gasteiger partial charge on any atom is -0.366 e. The maximum Gasteiger partial charge on any atom is 0.249 e. The van der Waals surface area contributed by atoms with Gasteiger partial charge in [0.15, 0.2) is 0 Å². The first-order valence-corrected chi connectivity index (χ1v) is 7.59. The van der Waals surface area contributed by atoms with Crippen LogP contribution in [-0.2, 0) is 0 Å². The number of benzene rings is 2. The van der Waals surface area contributed by atoms with E-state index in [0.717, 1.165) is 27.6 Å². The van der Waals surface area contributed by atoms with E-state index in [9.17, 15) is 9.18 Å². The van der Waals surface area contributed by atoms with Gasteiger partial charge in [0.25, 0.3) is 0 Å². The smallest absolute Gasteiger partial charge is 0.249 e. The van der Waals surface area contributed by atoms with E-state index in [4.69, 9.17) is 5.73 Å². The zero-order valence-corrected chi connectivity index (χ0v) is 13.4. The molecule has 0 unspecified atom stereocenters. The average molecular weight is 310 g/mol. The first-order chi connectivity index (χ1) is 10.9. The number of halogens is 1. The number of aromatic nitrogens is 1. The zero-order chi connectivity index (χ0) is 16.7. The normalized spacial score (nSPS) is 11.3. The number of rotatable bonds is 3. The topological polar surface area (TPSA) is 48.0 Å². The quantitative estimate of drug-likeness (QED) is 0.764. The fraction of sp³-hybridized carbons (Fsp3) is 0.211. The molecule has 0 radical (unpaired) electrons. The summed E-state index contributed by atoms with van der Waals surface area (Å²) in [4.78, 5) is 11.9. The van der Waals surface area contributed by atoms with Crippen LogP contribution in [0.15, 0.2) is 42.6 Å². The lowest BCUT2D eigenvalue weighted by Gasteiger charge is -2.12. The van der Waals surface area contributed by atoms with Crippen LogP contribution in [0.3, 0.4) is 0 Å². The molecule has 23 heavy (non-hydrogen) atoms. The van der Waals surface area contributed by atoms with E-state index in [-0.39, 0.29) is 11.9 Å². The molecular weight excluding hydrogens is 291 g/mol. The van der Waals surface area contributed by atoms with Crippen molar-refractivity contribution < 1.29 is 9.18 Å². The number of nitrogens with two attached hydrogens (primary N) is 1. The van der Waals surface area contributed by atoms with E-state index >= 15 is 0 Å². The number of primary amides is 1. The summed E-state index contributed by atoms with van der Waals surface area (Å²) in [6.45, 7) is 6.16. The maximum absolute atomic E-state index is 13.2. The molecule has 0 spiro atoms. The van der Waals surface area contributed by atoms with Crippen LogP contribution in [0.4, 0.5) is 4.39 Å². The Kier molecular flexibility index (Phi) is 3.68. The highest BCUT2D eigenvalue weighted by molar-refractivity contribution is 6.08. The molecule has 3 aromatic rings. The number of hydrogen-bond donors (Lipinski definition) is 1. The summed E-state index contributed by atoms with van der Waals surface area (Å²) in [7, 11) is 0. The van der Waals surface area contributed by atoms with Gasteiger partial charge in [0.2, 0.25) is 5.91 Å². The number of carbonyl (C=O) groups is 1. The lowest BCUT2D eigenvalue weighted by molar-refractivity contribution is 0.100. The monoisotopic (exact) mass is 310 g/mol. The number of hydrogen-bond acceptors (Lipinski definition) is 1. The lowest BCUT2D eigenvalue weighted by atomic mass is 9.98. The summed E-state index contributed by atoms with van der Waals surface area (Å²) >= 11 is 0. The molecule has 3 rings (SSSR count). The molecular formula is C19H19FN2O. The first-order valence-electron chi connectivity index (χ1n) is 7.59. The molecule has 0 aliphatic rings. The molecule has 2 aromatic carbocycles. The van der Waals surface area contributed by atoms with Gasteiger partial charge in [-0.25, -0.2) is 4.39 Å². The van der Waals surface area contributed by atoms with Crippen molar-refractivity contribution in [1.29, 1.82) is 0 Å². The standard InChI is InChI=1S/C19H19FN2O/c1-11(2)22-10-12(3)18-16(19(21)23)8-14(9-17(18)22)13-4-6-15(20)7-5-13/h4-11H,1-3H3,(H2,21,23). The largest absolute Gasteiger partial charge is 0.366 e. The van der Waals surface area contributed by atoms with Crippen LogP contribution in [0.25, 0.3) is 22.0 Å². The van der Waals surface area contributed by atoms with Crippen molar-refractivity contribution in [3.63, 3.8) is 0 Å². The van der Waals surface area contributed by atoms with Crippen LogP contribution in [-0.4, -0.2) is 10.5 Å². The summed E-state index contributed by atoms with van der Waals surface area (Å²) in [5, 5.41) is 0.886. The second-order valence-electron chi connectivity index (χ2n) is 6.10. The Hall–Kier alpha value is -2.62. The molecule has 0 fully saturated rings. The van der Waals surface area contributed by atoms with Gasteiger partial charge in [0.05, 0.1) is 0 Å². The number of fused-ring (bicyclic) bond motifs is 1. The Morgan fingerprint density at radius 1 is 1.13 bits per heavy atom. The molecule has 2 N–H and O–H groups in total. The predicted octanol–water partition coefficient (Wildman–Crippen LogP) is 4.44. The molecule has 0 bridgehead atoms. The molecule has 0 saturated heterocycles. The highest BCUT2D eigenvalue weighted by Gasteiger charge is 2.17. The van der Waals surface area contributed by atoms with E-state index < -0.39 is 5.91 Å². The third kappa shape index (κ3) is 2.61. The van der Waals surface area contributed by atoms with Crippen LogP contribution >= 0.6 is 0 Å². The highest BCUT2D eigenvalue weighted by atomic mass is 19.1. The van der Waals surface area contributed by atoms with Crippen molar-refractivity contribution in [3.05, 3.63) is 59.5 Å². The van der Waals surface area contributed by atoms with Crippen molar-refractivity contribution in [2.45, 2.75) is 26.8 Å². The number of aryl methyl sites for hydroxylation is 1. The fourth-order valence-corrected chi connectivity index (χ4v) is 3.02. The van der Waals surface area contributed by atoms with Gasteiger partial charge in [-0.05, 0) is 61.7 Å². The third-order valence-corrected chi connectivity index (χ3v) is 4.12. The minimum absolute atomic E-state index is 0.260. The SMILES string of the molecule is Cc1cn(C(C)C)c2cc(-c3ccc(F)cc3)cc(C(N)=O)c12. The van der Waals surface area contributed by atoms with Crippen LogP contribution < -0.4 is 5.73 Å². The average Bonchev–Trinajstić information content (AvgIpc) is 2.84. The van der Waals surface area contributed by atoms with Gasteiger partial charge in [-0.1, -0.05) is 12.1 Å². The second kappa shape index (κ2) is 5.54. The molecule has 1 aromatic heterocycles. The van der Waals surface area contributed by atoms with Crippen LogP contribution in [0.1, 0.15) is 35.8 Å². The summed E-state index contributed by atoms with van der Waals surface area (Å²) in [5.41, 5.74) is 9.79. The van der Waals surface area contributed by atoms with Gasteiger partial charge in [0.1, 0.15) is 5.82 Å². The van der Waals surface area contributed by atoms with Gasteiger partial charge in [-0.15, -0.1) is 0 Å². The Balaban J connectivity index is 2.34. The molecule has 4 heteroatoms. The van der Waals surface area contributed by atoms with Gasteiger partial charge in [-0.3, -0.25) is 4.79 Å². The first kappa shape index (κ1) is 15.3. The molecule has 0 saturated carbocycles. The maximum atomic E-state index is 13.2. The molecule has 0 aliphatic carbocycles. The summed E-state index contributed by atoms with van der Waals surface area (Å²) < 4.78 is 15.3. The van der Waals surface area contributed by atoms with Gasteiger partial charge in [-0.2, -0.15) is 0 Å². The van der Waals surface area contributed by atoms with Gasteiger partial charge < -0.3 is 10.3 Å². The van der Waals surface area contributed by atoms with Crippen molar-refractivity contribution >= 4 is 16.8 Å². The van der Waals surface area contributed by atoms with E-state index in [0.29, 0.717) is 5.56 Å². The number of nitrogens with zero attached hydrogens (tertiary/aromatic N) is 1. The molecule has 3 nitrogen and oxygen atoms in total. The third-order valence-electron chi connectivity index (χ3n) is 4.12. The number of amides is 1. The van der Waals surface area contributed by atoms with E-state index in [2.05, 4.69) is 18.4 Å². The molecule has 0 atom stereocenters. The Morgan fingerprint density at radius 2 is 1.78 bits per heavy atom. The van der Waals surface area contributed by atoms with E-state index in [1.807, 2.05) is 19.2 Å². The van der Waals surface area contributed by atoms with Crippen LogP contribution in [0, 0.1) is 12.7 Å². The Labute approximate surface area is 134 Å². The molecule has 1 heterocycles. The second-order valence-corrected chi connectivity index (χ2v) is 6.10. The van der Waals surface area contributed by atoms with Crippen molar-refractivity contribution in [2.75, 3.05) is 0 Å². The van der Waals surface area contributed by atoms with E-state index in [1.54, 1.807) is 18.2 Å². The summed E-state index contributed by atoms with van der Waals surface area (Å²) in [6.07, 6.45) is 2.04. The molecule has 1 amide bonds. The lowest BCUT2D eigenvalue weighted by Crippen LogP contribution is -2.12.